The molecule has 0 aliphatic carbocycles. The first-order chi connectivity index (χ1) is 5.89. The van der Waals surface area contributed by atoms with E-state index in [1.807, 2.05) is 0 Å². The van der Waals surface area contributed by atoms with Crippen LogP contribution in [0.1, 0.15) is 11.8 Å². The van der Waals surface area contributed by atoms with Gasteiger partial charge >= 0.3 is 0 Å². The fourth-order valence-corrected chi connectivity index (χ4v) is 2.35. The highest BCUT2D eigenvalue weighted by atomic mass is 79.9. The molecule has 1 atom stereocenters. The quantitative estimate of drug-likeness (QED) is 0.895. The van der Waals surface area contributed by atoms with Gasteiger partial charge in [-0.15, -0.1) is 11.3 Å². The molecule has 0 fully saturated rings. The molecule has 5 heteroatoms. The minimum atomic E-state index is -3.03. The van der Waals surface area contributed by atoms with Gasteiger partial charge in [0.2, 0.25) is 0 Å². The molecule has 0 saturated carbocycles. The van der Waals surface area contributed by atoms with E-state index in [0.717, 1.165) is 15.6 Å². The Labute approximate surface area is 87.5 Å². The SMILES string of the molecule is CC(F)(F)C(O)Cc1ccc(Br)s1. The number of hydrogen-bond acceptors (Lipinski definition) is 2. The Kier molecular flexibility index (Phi) is 3.43. The maximum atomic E-state index is 12.6. The zero-order chi connectivity index (χ0) is 10.1. The molecule has 1 N–H and O–H groups in total. The topological polar surface area (TPSA) is 20.2 Å². The van der Waals surface area contributed by atoms with Crippen molar-refractivity contribution in [1.29, 1.82) is 0 Å². The van der Waals surface area contributed by atoms with E-state index in [2.05, 4.69) is 15.9 Å². The summed E-state index contributed by atoms with van der Waals surface area (Å²) in [5.41, 5.74) is 0. The first kappa shape index (κ1) is 11.1. The third-order valence-electron chi connectivity index (χ3n) is 1.61. The molecular weight excluding hydrogens is 262 g/mol. The third kappa shape index (κ3) is 3.32. The number of aliphatic hydroxyl groups is 1. The molecule has 1 aromatic heterocycles. The van der Waals surface area contributed by atoms with Crippen molar-refractivity contribution < 1.29 is 13.9 Å². The van der Waals surface area contributed by atoms with Gasteiger partial charge in [0.05, 0.1) is 3.79 Å². The molecule has 1 nitrogen and oxygen atoms in total. The summed E-state index contributed by atoms with van der Waals surface area (Å²) in [5, 5.41) is 9.09. The summed E-state index contributed by atoms with van der Waals surface area (Å²) in [4.78, 5) is 0.751. The van der Waals surface area contributed by atoms with Crippen molar-refractivity contribution in [3.8, 4) is 0 Å². The van der Waals surface area contributed by atoms with Gasteiger partial charge in [0, 0.05) is 18.2 Å². The van der Waals surface area contributed by atoms with Crippen molar-refractivity contribution in [2.45, 2.75) is 25.4 Å². The molecule has 0 saturated heterocycles. The van der Waals surface area contributed by atoms with Crippen molar-refractivity contribution >= 4 is 27.3 Å². The Balaban J connectivity index is 2.60. The van der Waals surface area contributed by atoms with Crippen LogP contribution < -0.4 is 0 Å². The number of halogens is 3. The van der Waals surface area contributed by atoms with Crippen LogP contribution in [-0.4, -0.2) is 17.1 Å². The fourth-order valence-electron chi connectivity index (χ4n) is 0.831. The molecule has 1 unspecified atom stereocenters. The molecule has 0 aliphatic rings. The van der Waals surface area contributed by atoms with E-state index < -0.39 is 12.0 Å². The Hall–Kier alpha value is -0.0000000000000000833. The lowest BCUT2D eigenvalue weighted by atomic mass is 10.1. The number of thiophene rings is 1. The predicted molar refractivity (Wildman–Crippen MR) is 52.4 cm³/mol. The Morgan fingerprint density at radius 3 is 2.62 bits per heavy atom. The second-order valence-corrected chi connectivity index (χ2v) is 5.43. The minimum absolute atomic E-state index is 0.000231. The normalized spacial score (nSPS) is 14.5. The van der Waals surface area contributed by atoms with Crippen LogP contribution in [0.4, 0.5) is 8.78 Å². The summed E-state index contributed by atoms with van der Waals surface area (Å²) in [6, 6.07) is 3.50. The maximum absolute atomic E-state index is 12.6. The maximum Gasteiger partial charge on any atom is 0.271 e. The van der Waals surface area contributed by atoms with Crippen LogP contribution in [0.3, 0.4) is 0 Å². The molecule has 1 aromatic rings. The average Bonchev–Trinajstić information content (AvgIpc) is 2.33. The monoisotopic (exact) mass is 270 g/mol. The van der Waals surface area contributed by atoms with Gasteiger partial charge in [0.1, 0.15) is 6.10 Å². The lowest BCUT2D eigenvalue weighted by Crippen LogP contribution is -2.31. The van der Waals surface area contributed by atoms with Crippen LogP contribution >= 0.6 is 27.3 Å². The van der Waals surface area contributed by atoms with E-state index in [9.17, 15) is 8.78 Å². The summed E-state index contributed by atoms with van der Waals surface area (Å²) < 4.78 is 26.0. The average molecular weight is 271 g/mol. The Morgan fingerprint density at radius 2 is 2.23 bits per heavy atom. The van der Waals surface area contributed by atoms with Crippen molar-refractivity contribution in [2.24, 2.45) is 0 Å². The zero-order valence-electron chi connectivity index (χ0n) is 6.93. The highest BCUT2D eigenvalue weighted by Gasteiger charge is 2.32. The van der Waals surface area contributed by atoms with Crippen LogP contribution in [0.15, 0.2) is 15.9 Å². The third-order valence-corrected chi connectivity index (χ3v) is 3.25. The highest BCUT2D eigenvalue weighted by Crippen LogP contribution is 2.26. The summed E-state index contributed by atoms with van der Waals surface area (Å²) in [5.74, 6) is -3.03. The van der Waals surface area contributed by atoms with Crippen molar-refractivity contribution in [2.75, 3.05) is 0 Å². The predicted octanol–water partition coefficient (Wildman–Crippen LogP) is 3.07. The molecule has 0 spiro atoms. The van der Waals surface area contributed by atoms with Crippen LogP contribution in [0, 0.1) is 0 Å². The molecule has 1 rings (SSSR count). The van der Waals surface area contributed by atoms with Gasteiger partial charge in [-0.05, 0) is 28.1 Å². The molecule has 0 bridgehead atoms. The van der Waals surface area contributed by atoms with Gasteiger partial charge in [0.25, 0.3) is 5.92 Å². The molecule has 0 radical (unpaired) electrons. The number of alkyl halides is 2. The van der Waals surface area contributed by atoms with E-state index in [1.54, 1.807) is 12.1 Å². The smallest absolute Gasteiger partial charge is 0.271 e. The Bertz CT molecular complexity index is 282. The summed E-state index contributed by atoms with van der Waals surface area (Å²) >= 11 is 4.58. The number of aliphatic hydroxyl groups excluding tert-OH is 1. The van der Waals surface area contributed by atoms with E-state index in [1.165, 1.54) is 11.3 Å². The van der Waals surface area contributed by atoms with E-state index >= 15 is 0 Å². The van der Waals surface area contributed by atoms with Gasteiger partial charge in [-0.3, -0.25) is 0 Å². The lowest BCUT2D eigenvalue weighted by molar-refractivity contribution is -0.0918. The van der Waals surface area contributed by atoms with Gasteiger partial charge in [-0.2, -0.15) is 0 Å². The van der Waals surface area contributed by atoms with E-state index in [4.69, 9.17) is 5.11 Å². The molecule has 13 heavy (non-hydrogen) atoms. The second-order valence-electron chi connectivity index (χ2n) is 2.88. The van der Waals surface area contributed by atoms with Crippen molar-refractivity contribution in [1.82, 2.24) is 0 Å². The molecule has 74 valence electrons. The first-order valence-corrected chi connectivity index (χ1v) is 5.30. The fraction of sp³-hybridized carbons (Fsp3) is 0.500. The van der Waals surface area contributed by atoms with Crippen LogP contribution in [-0.2, 0) is 6.42 Å². The molecule has 1 heterocycles. The van der Waals surface area contributed by atoms with Gasteiger partial charge in [0.15, 0.2) is 0 Å². The van der Waals surface area contributed by atoms with Gasteiger partial charge < -0.3 is 5.11 Å². The second kappa shape index (κ2) is 4.02. The highest BCUT2D eigenvalue weighted by molar-refractivity contribution is 9.11. The number of rotatable bonds is 3. The van der Waals surface area contributed by atoms with Crippen LogP contribution in [0.25, 0.3) is 0 Å². The zero-order valence-corrected chi connectivity index (χ0v) is 9.33. The van der Waals surface area contributed by atoms with Crippen molar-refractivity contribution in [3.63, 3.8) is 0 Å². The largest absolute Gasteiger partial charge is 0.386 e. The standard InChI is InChI=1S/C8H9BrF2OS/c1-8(10,11)6(12)4-5-2-3-7(9)13-5/h2-3,6,12H,4H2,1H3. The van der Waals surface area contributed by atoms with Crippen molar-refractivity contribution in [3.05, 3.63) is 20.8 Å². The molecule has 0 aromatic carbocycles. The van der Waals surface area contributed by atoms with Crippen LogP contribution in [0.2, 0.25) is 0 Å². The minimum Gasteiger partial charge on any atom is -0.386 e. The first-order valence-electron chi connectivity index (χ1n) is 3.69. The summed E-state index contributed by atoms with van der Waals surface area (Å²) in [6.07, 6.45) is -1.60. The van der Waals surface area contributed by atoms with E-state index in [-0.39, 0.29) is 6.42 Å². The lowest BCUT2D eigenvalue weighted by Gasteiger charge is -2.16. The van der Waals surface area contributed by atoms with E-state index in [0.29, 0.717) is 0 Å². The molecule has 0 aliphatic heterocycles. The summed E-state index contributed by atoms with van der Waals surface area (Å²) in [6.45, 7) is 0.723. The number of hydrogen-bond donors (Lipinski definition) is 1. The van der Waals surface area contributed by atoms with Crippen LogP contribution in [0.5, 0.6) is 0 Å². The summed E-state index contributed by atoms with van der Waals surface area (Å²) in [7, 11) is 0. The van der Waals surface area contributed by atoms with Gasteiger partial charge in [-0.1, -0.05) is 0 Å². The molecule has 0 amide bonds. The Morgan fingerprint density at radius 1 is 1.62 bits per heavy atom. The molecular formula is C8H9BrF2OS. The van der Waals surface area contributed by atoms with Gasteiger partial charge in [-0.25, -0.2) is 8.78 Å².